The average molecular weight is 240 g/mol. The van der Waals surface area contributed by atoms with Crippen molar-refractivity contribution < 1.29 is 0 Å². The quantitative estimate of drug-likeness (QED) is 0.710. The Labute approximate surface area is 106 Å². The van der Waals surface area contributed by atoms with Crippen LogP contribution in [0.15, 0.2) is 36.5 Å². The number of H-pyrrole nitrogens is 1. The van der Waals surface area contributed by atoms with Crippen molar-refractivity contribution in [2.75, 3.05) is 0 Å². The standard InChI is InChI=1S/C14H16N4/c1-14(2,3)11-9-15-13-16-12(17-18(11)13)10-7-5-4-6-8-10/h4-9H,1-3H3,(H,15,16,17). The summed E-state index contributed by atoms with van der Waals surface area (Å²) < 4.78 is 1.96. The lowest BCUT2D eigenvalue weighted by molar-refractivity contribution is 0.553. The highest BCUT2D eigenvalue weighted by molar-refractivity contribution is 5.56. The first kappa shape index (κ1) is 11.0. The van der Waals surface area contributed by atoms with Crippen LogP contribution in [0.25, 0.3) is 17.2 Å². The van der Waals surface area contributed by atoms with Gasteiger partial charge in [0.1, 0.15) is 0 Å². The van der Waals surface area contributed by atoms with Crippen molar-refractivity contribution in [1.82, 2.24) is 19.6 Å². The third-order valence-corrected chi connectivity index (χ3v) is 2.99. The lowest BCUT2D eigenvalue weighted by Gasteiger charge is -2.16. The summed E-state index contributed by atoms with van der Waals surface area (Å²) in [6.45, 7) is 6.50. The maximum atomic E-state index is 4.51. The van der Waals surface area contributed by atoms with E-state index in [1.807, 2.05) is 41.0 Å². The van der Waals surface area contributed by atoms with Gasteiger partial charge in [-0.05, 0) is 0 Å². The number of benzene rings is 1. The predicted octanol–water partition coefficient (Wildman–Crippen LogP) is 3.02. The first-order valence-corrected chi connectivity index (χ1v) is 6.05. The van der Waals surface area contributed by atoms with Crippen LogP contribution in [0.4, 0.5) is 0 Å². The molecule has 1 N–H and O–H groups in total. The molecule has 4 heteroatoms. The zero-order valence-corrected chi connectivity index (χ0v) is 10.8. The lowest BCUT2D eigenvalue weighted by Crippen LogP contribution is -2.14. The molecular formula is C14H16N4. The molecule has 0 unspecified atom stereocenters. The van der Waals surface area contributed by atoms with Gasteiger partial charge in [-0.25, -0.2) is 9.50 Å². The highest BCUT2D eigenvalue weighted by atomic mass is 15.3. The van der Waals surface area contributed by atoms with Crippen LogP contribution >= 0.6 is 0 Å². The van der Waals surface area contributed by atoms with Gasteiger partial charge in [-0.1, -0.05) is 51.1 Å². The van der Waals surface area contributed by atoms with Crippen molar-refractivity contribution in [3.05, 3.63) is 42.2 Å². The van der Waals surface area contributed by atoms with Gasteiger partial charge in [-0.15, -0.1) is 0 Å². The van der Waals surface area contributed by atoms with Gasteiger partial charge in [-0.2, -0.15) is 4.98 Å². The first-order valence-electron chi connectivity index (χ1n) is 6.05. The Morgan fingerprint density at radius 3 is 2.50 bits per heavy atom. The minimum Gasteiger partial charge on any atom is -0.274 e. The molecule has 0 fully saturated rings. The second-order valence-corrected chi connectivity index (χ2v) is 5.47. The Balaban J connectivity index is 2.16. The van der Waals surface area contributed by atoms with E-state index in [1.165, 1.54) is 0 Å². The monoisotopic (exact) mass is 240 g/mol. The van der Waals surface area contributed by atoms with Gasteiger partial charge in [0.15, 0.2) is 5.82 Å². The number of aromatic amines is 1. The van der Waals surface area contributed by atoms with Crippen LogP contribution < -0.4 is 0 Å². The maximum Gasteiger partial charge on any atom is 0.251 e. The molecule has 0 aliphatic carbocycles. The molecule has 0 saturated heterocycles. The smallest absolute Gasteiger partial charge is 0.251 e. The molecule has 0 radical (unpaired) electrons. The maximum absolute atomic E-state index is 4.51. The third kappa shape index (κ3) is 1.70. The zero-order valence-electron chi connectivity index (χ0n) is 10.8. The molecule has 18 heavy (non-hydrogen) atoms. The van der Waals surface area contributed by atoms with Gasteiger partial charge in [0.2, 0.25) is 0 Å². The molecule has 0 saturated carbocycles. The molecule has 4 nitrogen and oxygen atoms in total. The van der Waals surface area contributed by atoms with Crippen molar-refractivity contribution in [2.45, 2.75) is 26.2 Å². The fourth-order valence-electron chi connectivity index (χ4n) is 2.02. The van der Waals surface area contributed by atoms with Crippen molar-refractivity contribution in [2.24, 2.45) is 0 Å². The average Bonchev–Trinajstić information content (AvgIpc) is 2.87. The molecule has 1 aromatic carbocycles. The van der Waals surface area contributed by atoms with Crippen LogP contribution in [0.5, 0.6) is 0 Å². The van der Waals surface area contributed by atoms with E-state index in [9.17, 15) is 0 Å². The molecule has 0 aliphatic heterocycles. The number of hydrogen-bond donors (Lipinski definition) is 1. The van der Waals surface area contributed by atoms with Crippen LogP contribution in [0.3, 0.4) is 0 Å². The van der Waals surface area contributed by atoms with Gasteiger partial charge in [0, 0.05) is 11.0 Å². The Hall–Kier alpha value is -2.10. The predicted molar refractivity (Wildman–Crippen MR) is 71.5 cm³/mol. The molecule has 0 spiro atoms. The van der Waals surface area contributed by atoms with Gasteiger partial charge >= 0.3 is 0 Å². The van der Waals surface area contributed by atoms with Crippen LogP contribution in [0.1, 0.15) is 26.5 Å². The van der Waals surface area contributed by atoms with E-state index < -0.39 is 0 Å². The second-order valence-electron chi connectivity index (χ2n) is 5.47. The molecule has 92 valence electrons. The molecule has 0 bridgehead atoms. The normalized spacial score (nSPS) is 12.2. The second kappa shape index (κ2) is 3.70. The summed E-state index contributed by atoms with van der Waals surface area (Å²) >= 11 is 0. The molecule has 2 heterocycles. The van der Waals surface area contributed by atoms with E-state index in [2.05, 4.69) is 35.8 Å². The number of rotatable bonds is 1. The number of nitrogens with one attached hydrogen (secondary N) is 1. The Morgan fingerprint density at radius 1 is 1.11 bits per heavy atom. The molecule has 0 amide bonds. The molecule has 3 aromatic rings. The van der Waals surface area contributed by atoms with Crippen LogP contribution in [-0.4, -0.2) is 19.6 Å². The summed E-state index contributed by atoms with van der Waals surface area (Å²) in [7, 11) is 0. The summed E-state index contributed by atoms with van der Waals surface area (Å²) in [4.78, 5) is 8.87. The van der Waals surface area contributed by atoms with Crippen molar-refractivity contribution in [3.8, 4) is 11.4 Å². The van der Waals surface area contributed by atoms with E-state index >= 15 is 0 Å². The van der Waals surface area contributed by atoms with Crippen molar-refractivity contribution >= 4 is 5.78 Å². The largest absolute Gasteiger partial charge is 0.274 e. The van der Waals surface area contributed by atoms with Gasteiger partial charge in [0.05, 0.1) is 11.9 Å². The third-order valence-electron chi connectivity index (χ3n) is 2.99. The highest BCUT2D eigenvalue weighted by Crippen LogP contribution is 2.24. The zero-order chi connectivity index (χ0) is 12.8. The van der Waals surface area contributed by atoms with E-state index in [4.69, 9.17) is 0 Å². The molecular weight excluding hydrogens is 224 g/mol. The van der Waals surface area contributed by atoms with Crippen molar-refractivity contribution in [1.29, 1.82) is 0 Å². The van der Waals surface area contributed by atoms with Crippen molar-refractivity contribution in [3.63, 3.8) is 0 Å². The number of fused-ring (bicyclic) bond motifs is 1. The minimum absolute atomic E-state index is 0.0416. The number of aromatic nitrogens is 4. The van der Waals surface area contributed by atoms with Crippen LogP contribution in [0.2, 0.25) is 0 Å². The topological polar surface area (TPSA) is 46.0 Å². The minimum atomic E-state index is 0.0416. The van der Waals surface area contributed by atoms with E-state index in [0.717, 1.165) is 22.9 Å². The lowest BCUT2D eigenvalue weighted by atomic mass is 9.93. The summed E-state index contributed by atoms with van der Waals surface area (Å²) in [6, 6.07) is 10.1. The fourth-order valence-corrected chi connectivity index (χ4v) is 2.02. The van der Waals surface area contributed by atoms with Gasteiger partial charge in [0.25, 0.3) is 5.78 Å². The van der Waals surface area contributed by atoms with Crippen LogP contribution in [0, 0.1) is 0 Å². The van der Waals surface area contributed by atoms with Gasteiger partial charge < -0.3 is 0 Å². The molecule has 2 aromatic heterocycles. The van der Waals surface area contributed by atoms with Gasteiger partial charge in [-0.3, -0.25) is 5.10 Å². The Morgan fingerprint density at radius 2 is 1.83 bits per heavy atom. The number of imidazole rings is 1. The SMILES string of the molecule is CC(C)(C)c1cnc2nc(-c3ccccc3)[nH]n12. The van der Waals surface area contributed by atoms with Crippen LogP contribution in [-0.2, 0) is 5.41 Å². The summed E-state index contributed by atoms with van der Waals surface area (Å²) in [6.07, 6.45) is 1.88. The number of nitrogens with zero attached hydrogens (tertiary/aromatic N) is 3. The molecule has 3 rings (SSSR count). The Bertz CT molecular complexity index is 671. The fraction of sp³-hybridized carbons (Fsp3) is 0.286. The van der Waals surface area contributed by atoms with E-state index in [1.54, 1.807) is 0 Å². The first-order chi connectivity index (χ1) is 8.55. The van der Waals surface area contributed by atoms with E-state index in [0.29, 0.717) is 0 Å². The summed E-state index contributed by atoms with van der Waals surface area (Å²) in [5.74, 6) is 1.57. The number of hydrogen-bond acceptors (Lipinski definition) is 2. The van der Waals surface area contributed by atoms with E-state index in [-0.39, 0.29) is 5.41 Å². The highest BCUT2D eigenvalue weighted by Gasteiger charge is 2.20. The molecule has 0 atom stereocenters. The molecule has 0 aliphatic rings. The summed E-state index contributed by atoms with van der Waals surface area (Å²) in [5, 5.41) is 3.31. The Kier molecular flexibility index (Phi) is 2.26. The summed E-state index contributed by atoms with van der Waals surface area (Å²) in [5.41, 5.74) is 2.25.